The zero-order valence-electron chi connectivity index (χ0n) is 12.8. The summed E-state index contributed by atoms with van der Waals surface area (Å²) in [7, 11) is 0. The first kappa shape index (κ1) is 17.1. The van der Waals surface area contributed by atoms with Crippen molar-refractivity contribution in [1.29, 1.82) is 0 Å². The first-order valence-electron chi connectivity index (χ1n) is 7.44. The van der Waals surface area contributed by atoms with Crippen LogP contribution in [0.25, 0.3) is 10.9 Å². The molecule has 1 aromatic heterocycles. The highest BCUT2D eigenvalue weighted by atomic mass is 127. The standard InChI is InChI=1S/C16H22N4O.HI/c1-12-3-2-4-14-15(12)13(11-19-14)5-6-18-16(17)20-7-9-21-10-8-20;/h2-4,11,19H,5-10H2,1H3,(H2,17,18);1H. The van der Waals surface area contributed by atoms with E-state index in [1.165, 1.54) is 22.0 Å². The number of hydrogen-bond donors (Lipinski definition) is 2. The molecule has 0 unspecified atom stereocenters. The summed E-state index contributed by atoms with van der Waals surface area (Å²) in [6.45, 7) is 5.99. The molecule has 3 N–H and O–H groups in total. The van der Waals surface area contributed by atoms with Gasteiger partial charge < -0.3 is 20.4 Å². The third-order valence-electron chi connectivity index (χ3n) is 3.99. The zero-order valence-corrected chi connectivity index (χ0v) is 15.2. The number of ether oxygens (including phenoxy) is 1. The Morgan fingerprint density at radius 3 is 2.91 bits per heavy atom. The van der Waals surface area contributed by atoms with Gasteiger partial charge in [-0.2, -0.15) is 0 Å². The van der Waals surface area contributed by atoms with Crippen molar-refractivity contribution >= 4 is 40.8 Å². The number of aromatic amines is 1. The number of morpholine rings is 1. The number of nitrogens with zero attached hydrogens (tertiary/aromatic N) is 2. The SMILES string of the molecule is Cc1cccc2[nH]cc(CCN=C(N)N3CCOCC3)c12.I. The van der Waals surface area contributed by atoms with Gasteiger partial charge in [0.25, 0.3) is 0 Å². The van der Waals surface area contributed by atoms with E-state index in [4.69, 9.17) is 10.5 Å². The van der Waals surface area contributed by atoms with Crippen molar-refractivity contribution in [2.75, 3.05) is 32.8 Å². The Hall–Kier alpha value is -1.28. The van der Waals surface area contributed by atoms with Crippen LogP contribution in [0.3, 0.4) is 0 Å². The molecule has 0 bridgehead atoms. The average Bonchev–Trinajstić information content (AvgIpc) is 2.93. The molecule has 0 spiro atoms. The quantitative estimate of drug-likeness (QED) is 0.460. The lowest BCUT2D eigenvalue weighted by Gasteiger charge is -2.27. The summed E-state index contributed by atoms with van der Waals surface area (Å²) in [5, 5.41) is 1.32. The molecule has 1 aromatic carbocycles. The average molecular weight is 414 g/mol. The van der Waals surface area contributed by atoms with Gasteiger partial charge in [-0.1, -0.05) is 12.1 Å². The van der Waals surface area contributed by atoms with Gasteiger partial charge in [-0.3, -0.25) is 4.99 Å². The number of hydrogen-bond acceptors (Lipinski definition) is 2. The fraction of sp³-hybridized carbons (Fsp3) is 0.438. The summed E-state index contributed by atoms with van der Waals surface area (Å²) in [5.74, 6) is 0.634. The molecule has 1 saturated heterocycles. The van der Waals surface area contributed by atoms with Crippen LogP contribution in [0, 0.1) is 6.92 Å². The highest BCUT2D eigenvalue weighted by Crippen LogP contribution is 2.22. The van der Waals surface area contributed by atoms with Crippen LogP contribution in [0.1, 0.15) is 11.1 Å². The van der Waals surface area contributed by atoms with E-state index in [0.717, 1.165) is 32.7 Å². The van der Waals surface area contributed by atoms with Gasteiger partial charge in [0.2, 0.25) is 0 Å². The number of guanidine groups is 1. The number of aryl methyl sites for hydroxylation is 1. The molecule has 1 aliphatic heterocycles. The van der Waals surface area contributed by atoms with Crippen LogP contribution in [-0.2, 0) is 11.2 Å². The predicted octanol–water partition coefficient (Wildman–Crippen LogP) is 2.28. The Morgan fingerprint density at radius 2 is 2.14 bits per heavy atom. The molecule has 2 heterocycles. The molecule has 6 heteroatoms. The third-order valence-corrected chi connectivity index (χ3v) is 3.99. The molecule has 0 aliphatic carbocycles. The summed E-state index contributed by atoms with van der Waals surface area (Å²) in [4.78, 5) is 9.92. The summed E-state index contributed by atoms with van der Waals surface area (Å²) in [6.07, 6.45) is 2.98. The van der Waals surface area contributed by atoms with E-state index >= 15 is 0 Å². The van der Waals surface area contributed by atoms with Crippen LogP contribution in [0.5, 0.6) is 0 Å². The van der Waals surface area contributed by atoms with E-state index in [0.29, 0.717) is 12.5 Å². The lowest BCUT2D eigenvalue weighted by atomic mass is 10.1. The predicted molar refractivity (Wildman–Crippen MR) is 101 cm³/mol. The number of fused-ring (bicyclic) bond motifs is 1. The maximum Gasteiger partial charge on any atom is 0.191 e. The minimum absolute atomic E-state index is 0. The van der Waals surface area contributed by atoms with Gasteiger partial charge in [0.1, 0.15) is 0 Å². The van der Waals surface area contributed by atoms with Crippen LogP contribution < -0.4 is 5.73 Å². The maximum absolute atomic E-state index is 6.04. The molecule has 2 aromatic rings. The summed E-state index contributed by atoms with van der Waals surface area (Å²) >= 11 is 0. The number of aromatic nitrogens is 1. The van der Waals surface area contributed by atoms with Crippen molar-refractivity contribution in [2.45, 2.75) is 13.3 Å². The Bertz CT molecular complexity index is 647. The number of nitrogens with two attached hydrogens (primary N) is 1. The van der Waals surface area contributed by atoms with E-state index in [1.54, 1.807) is 0 Å². The van der Waals surface area contributed by atoms with E-state index in [1.807, 2.05) is 0 Å². The van der Waals surface area contributed by atoms with Gasteiger partial charge >= 0.3 is 0 Å². The monoisotopic (exact) mass is 414 g/mol. The molecule has 0 atom stereocenters. The molecule has 0 saturated carbocycles. The first-order valence-corrected chi connectivity index (χ1v) is 7.44. The Kier molecular flexibility index (Phi) is 6.07. The van der Waals surface area contributed by atoms with E-state index in [2.05, 4.69) is 46.2 Å². The smallest absolute Gasteiger partial charge is 0.191 e. The summed E-state index contributed by atoms with van der Waals surface area (Å²) < 4.78 is 5.32. The van der Waals surface area contributed by atoms with Crippen molar-refractivity contribution < 1.29 is 4.74 Å². The lowest BCUT2D eigenvalue weighted by molar-refractivity contribution is 0.0674. The molecule has 0 radical (unpaired) electrons. The third kappa shape index (κ3) is 3.73. The van der Waals surface area contributed by atoms with Crippen molar-refractivity contribution in [3.05, 3.63) is 35.5 Å². The number of rotatable bonds is 3. The minimum Gasteiger partial charge on any atom is -0.378 e. The second kappa shape index (κ2) is 7.82. The summed E-state index contributed by atoms with van der Waals surface area (Å²) in [6, 6.07) is 6.33. The zero-order chi connectivity index (χ0) is 14.7. The topological polar surface area (TPSA) is 66.6 Å². The van der Waals surface area contributed by atoms with Gasteiger partial charge in [0.15, 0.2) is 5.96 Å². The molecule has 1 aliphatic rings. The van der Waals surface area contributed by atoms with Gasteiger partial charge in [-0.15, -0.1) is 24.0 Å². The molecule has 0 amide bonds. The van der Waals surface area contributed by atoms with Crippen LogP contribution in [0.15, 0.2) is 29.4 Å². The Labute approximate surface area is 147 Å². The van der Waals surface area contributed by atoms with E-state index < -0.39 is 0 Å². The molecule has 5 nitrogen and oxygen atoms in total. The fourth-order valence-electron chi connectivity index (χ4n) is 2.83. The number of H-pyrrole nitrogens is 1. The van der Waals surface area contributed by atoms with Crippen molar-refractivity contribution in [3.63, 3.8) is 0 Å². The first-order chi connectivity index (χ1) is 10.3. The second-order valence-corrected chi connectivity index (χ2v) is 5.40. The van der Waals surface area contributed by atoms with Crippen molar-refractivity contribution in [2.24, 2.45) is 10.7 Å². The number of halogens is 1. The Morgan fingerprint density at radius 1 is 1.36 bits per heavy atom. The highest BCUT2D eigenvalue weighted by Gasteiger charge is 2.12. The fourth-order valence-corrected chi connectivity index (χ4v) is 2.83. The van der Waals surface area contributed by atoms with E-state index in [9.17, 15) is 0 Å². The lowest BCUT2D eigenvalue weighted by Crippen LogP contribution is -2.44. The minimum atomic E-state index is 0. The summed E-state index contributed by atoms with van der Waals surface area (Å²) in [5.41, 5.74) is 9.84. The molecule has 120 valence electrons. The molecule has 1 fully saturated rings. The molecule has 3 rings (SSSR count). The van der Waals surface area contributed by atoms with Gasteiger partial charge in [0.05, 0.1) is 13.2 Å². The van der Waals surface area contributed by atoms with Crippen LogP contribution in [0.4, 0.5) is 0 Å². The Balaban J connectivity index is 0.00000176. The van der Waals surface area contributed by atoms with Gasteiger partial charge in [-0.25, -0.2) is 0 Å². The molecular weight excluding hydrogens is 391 g/mol. The maximum atomic E-state index is 6.04. The van der Waals surface area contributed by atoms with Crippen LogP contribution in [-0.4, -0.2) is 48.7 Å². The van der Waals surface area contributed by atoms with Gasteiger partial charge in [-0.05, 0) is 30.5 Å². The number of aliphatic imine (C=N–C) groups is 1. The van der Waals surface area contributed by atoms with E-state index in [-0.39, 0.29) is 24.0 Å². The largest absolute Gasteiger partial charge is 0.378 e. The van der Waals surface area contributed by atoms with Crippen LogP contribution >= 0.6 is 24.0 Å². The number of benzene rings is 1. The highest BCUT2D eigenvalue weighted by molar-refractivity contribution is 14.0. The second-order valence-electron chi connectivity index (χ2n) is 5.40. The van der Waals surface area contributed by atoms with Crippen molar-refractivity contribution in [3.8, 4) is 0 Å². The molecule has 22 heavy (non-hydrogen) atoms. The van der Waals surface area contributed by atoms with Gasteiger partial charge in [0, 0.05) is 36.7 Å². The van der Waals surface area contributed by atoms with Crippen molar-refractivity contribution in [1.82, 2.24) is 9.88 Å². The number of nitrogens with one attached hydrogen (secondary N) is 1. The molecular formula is C16H23IN4O. The van der Waals surface area contributed by atoms with Crippen LogP contribution in [0.2, 0.25) is 0 Å². The normalized spacial score (nSPS) is 15.9.